The molecule has 1 unspecified atom stereocenters. The van der Waals surface area contributed by atoms with Gasteiger partial charge in [0.2, 0.25) is 0 Å². The van der Waals surface area contributed by atoms with Gasteiger partial charge in [-0.2, -0.15) is 0 Å². The molecule has 2 rings (SSSR count). The molecule has 1 aliphatic heterocycles. The van der Waals surface area contributed by atoms with Crippen LogP contribution in [-0.2, 0) is 6.42 Å². The summed E-state index contributed by atoms with van der Waals surface area (Å²) in [5.41, 5.74) is 4.69. The molecule has 0 saturated heterocycles. The first-order valence-electron chi connectivity index (χ1n) is 6.74. The summed E-state index contributed by atoms with van der Waals surface area (Å²) in [5.74, 6) is 1.35. The van der Waals surface area contributed by atoms with E-state index in [0.29, 0.717) is 11.3 Å². The number of rotatable bonds is 1. The van der Waals surface area contributed by atoms with Crippen molar-refractivity contribution < 1.29 is 0 Å². The Morgan fingerprint density at radius 2 is 1.94 bits per heavy atom. The van der Waals surface area contributed by atoms with Crippen LogP contribution in [0.3, 0.4) is 0 Å². The van der Waals surface area contributed by atoms with E-state index in [0.717, 1.165) is 12.5 Å². The highest BCUT2D eigenvalue weighted by Crippen LogP contribution is 2.36. The maximum atomic E-state index is 3.59. The van der Waals surface area contributed by atoms with E-state index in [9.17, 15) is 0 Å². The van der Waals surface area contributed by atoms with Crippen molar-refractivity contribution in [2.45, 2.75) is 47.0 Å². The van der Waals surface area contributed by atoms with E-state index in [1.807, 2.05) is 0 Å². The van der Waals surface area contributed by atoms with Gasteiger partial charge in [0, 0.05) is 12.2 Å². The van der Waals surface area contributed by atoms with E-state index < -0.39 is 0 Å². The van der Waals surface area contributed by atoms with Gasteiger partial charge in [-0.3, -0.25) is 0 Å². The predicted molar refractivity (Wildman–Crippen MR) is 75.7 cm³/mol. The molecule has 1 aromatic carbocycles. The minimum atomic E-state index is 0.387. The summed E-state index contributed by atoms with van der Waals surface area (Å²) in [4.78, 5) is 0. The average molecular weight is 231 g/mol. The Bertz CT molecular complexity index is 398. The zero-order chi connectivity index (χ0) is 12.6. The predicted octanol–water partition coefficient (Wildman–Crippen LogP) is 4.44. The van der Waals surface area contributed by atoms with Crippen LogP contribution in [0.5, 0.6) is 0 Å². The molecule has 0 spiro atoms. The molecule has 1 nitrogen and oxygen atoms in total. The lowest BCUT2D eigenvalue weighted by atomic mass is 9.75. The van der Waals surface area contributed by atoms with Crippen LogP contribution in [-0.4, -0.2) is 6.54 Å². The van der Waals surface area contributed by atoms with Crippen LogP contribution in [0.4, 0.5) is 5.69 Å². The molecule has 0 fully saturated rings. The molecular formula is C16H25N. The molecule has 1 heterocycles. The van der Waals surface area contributed by atoms with Crippen LogP contribution in [0.25, 0.3) is 0 Å². The van der Waals surface area contributed by atoms with Crippen molar-refractivity contribution in [1.29, 1.82) is 0 Å². The molecule has 0 bridgehead atoms. The Morgan fingerprint density at radius 1 is 1.24 bits per heavy atom. The van der Waals surface area contributed by atoms with Gasteiger partial charge in [-0.15, -0.1) is 0 Å². The summed E-state index contributed by atoms with van der Waals surface area (Å²) in [5, 5.41) is 3.59. The normalized spacial score (nSPS) is 20.0. The van der Waals surface area contributed by atoms with Crippen molar-refractivity contribution in [2.24, 2.45) is 11.3 Å². The largest absolute Gasteiger partial charge is 0.385 e. The van der Waals surface area contributed by atoms with Crippen molar-refractivity contribution in [3.05, 3.63) is 29.3 Å². The number of fused-ring (bicyclic) bond motifs is 1. The molecule has 0 aromatic heterocycles. The molecule has 1 atom stereocenters. The van der Waals surface area contributed by atoms with Crippen LogP contribution < -0.4 is 5.32 Å². The van der Waals surface area contributed by atoms with Crippen molar-refractivity contribution in [1.82, 2.24) is 0 Å². The molecule has 94 valence electrons. The zero-order valence-corrected chi connectivity index (χ0v) is 11.8. The SMILES string of the molecule is CC(C)c1ccc2c(c1)CC(C(C)(C)C)CN2. The van der Waals surface area contributed by atoms with Crippen molar-refractivity contribution in [3.8, 4) is 0 Å². The topological polar surface area (TPSA) is 12.0 Å². The molecule has 0 radical (unpaired) electrons. The van der Waals surface area contributed by atoms with Crippen molar-refractivity contribution >= 4 is 5.69 Å². The fraction of sp³-hybridized carbons (Fsp3) is 0.625. The lowest BCUT2D eigenvalue weighted by Crippen LogP contribution is -2.33. The van der Waals surface area contributed by atoms with Gasteiger partial charge < -0.3 is 5.32 Å². The van der Waals surface area contributed by atoms with Crippen LogP contribution >= 0.6 is 0 Å². The van der Waals surface area contributed by atoms with Gasteiger partial charge in [0.05, 0.1) is 0 Å². The number of hydrogen-bond acceptors (Lipinski definition) is 1. The molecule has 1 N–H and O–H groups in total. The summed E-state index contributed by atoms with van der Waals surface area (Å²) in [7, 11) is 0. The Kier molecular flexibility index (Phi) is 3.20. The van der Waals surface area contributed by atoms with Crippen LogP contribution in [0.2, 0.25) is 0 Å². The third-order valence-corrected chi connectivity index (χ3v) is 4.03. The van der Waals surface area contributed by atoms with E-state index in [-0.39, 0.29) is 0 Å². The van der Waals surface area contributed by atoms with E-state index in [2.05, 4.69) is 58.1 Å². The highest BCUT2D eigenvalue weighted by Gasteiger charge is 2.28. The Labute approximate surface area is 106 Å². The van der Waals surface area contributed by atoms with Gasteiger partial charge in [0.15, 0.2) is 0 Å². The van der Waals surface area contributed by atoms with Crippen LogP contribution in [0, 0.1) is 11.3 Å². The van der Waals surface area contributed by atoms with Gasteiger partial charge in [-0.05, 0) is 40.9 Å². The van der Waals surface area contributed by atoms with Gasteiger partial charge >= 0.3 is 0 Å². The summed E-state index contributed by atoms with van der Waals surface area (Å²) in [6.07, 6.45) is 1.21. The average Bonchev–Trinajstić information content (AvgIpc) is 2.26. The lowest BCUT2D eigenvalue weighted by molar-refractivity contribution is 0.247. The first-order valence-corrected chi connectivity index (χ1v) is 6.74. The Balaban J connectivity index is 2.27. The summed E-state index contributed by atoms with van der Waals surface area (Å²) in [6.45, 7) is 12.7. The maximum Gasteiger partial charge on any atom is 0.0373 e. The number of hydrogen-bond donors (Lipinski definition) is 1. The third-order valence-electron chi connectivity index (χ3n) is 4.03. The first kappa shape index (κ1) is 12.5. The van der Waals surface area contributed by atoms with Crippen molar-refractivity contribution in [2.75, 3.05) is 11.9 Å². The quantitative estimate of drug-likeness (QED) is 0.753. The fourth-order valence-electron chi connectivity index (χ4n) is 2.50. The highest BCUT2D eigenvalue weighted by molar-refractivity contribution is 5.55. The van der Waals surface area contributed by atoms with Gasteiger partial charge in [-0.1, -0.05) is 46.8 Å². The molecule has 0 amide bonds. The molecule has 0 saturated carbocycles. The van der Waals surface area contributed by atoms with Crippen molar-refractivity contribution in [3.63, 3.8) is 0 Å². The Hall–Kier alpha value is -0.980. The summed E-state index contributed by atoms with van der Waals surface area (Å²) in [6, 6.07) is 6.91. The molecule has 0 aliphatic carbocycles. The first-order chi connectivity index (χ1) is 7.88. The second-order valence-corrected chi connectivity index (χ2v) is 6.72. The second-order valence-electron chi connectivity index (χ2n) is 6.72. The molecule has 1 aromatic rings. The monoisotopic (exact) mass is 231 g/mol. The fourth-order valence-corrected chi connectivity index (χ4v) is 2.50. The number of benzene rings is 1. The molecule has 1 aliphatic rings. The smallest absolute Gasteiger partial charge is 0.0373 e. The number of anilines is 1. The minimum absolute atomic E-state index is 0.387. The van der Waals surface area contributed by atoms with E-state index in [1.165, 1.54) is 23.2 Å². The number of nitrogens with one attached hydrogen (secondary N) is 1. The van der Waals surface area contributed by atoms with Gasteiger partial charge in [0.25, 0.3) is 0 Å². The minimum Gasteiger partial charge on any atom is -0.385 e. The zero-order valence-electron chi connectivity index (χ0n) is 11.8. The molecule has 1 heteroatoms. The second kappa shape index (κ2) is 4.36. The van der Waals surface area contributed by atoms with Gasteiger partial charge in [-0.25, -0.2) is 0 Å². The molecular weight excluding hydrogens is 206 g/mol. The standard InChI is InChI=1S/C16H25N/c1-11(2)12-6-7-15-13(8-12)9-14(10-17-15)16(3,4)5/h6-8,11,14,17H,9-10H2,1-5H3. The van der Waals surface area contributed by atoms with E-state index in [4.69, 9.17) is 0 Å². The van der Waals surface area contributed by atoms with E-state index >= 15 is 0 Å². The Morgan fingerprint density at radius 3 is 2.53 bits per heavy atom. The summed E-state index contributed by atoms with van der Waals surface area (Å²) >= 11 is 0. The van der Waals surface area contributed by atoms with Crippen LogP contribution in [0.15, 0.2) is 18.2 Å². The summed E-state index contributed by atoms with van der Waals surface area (Å²) < 4.78 is 0. The molecule has 17 heavy (non-hydrogen) atoms. The van der Waals surface area contributed by atoms with Crippen LogP contribution in [0.1, 0.15) is 51.7 Å². The maximum absolute atomic E-state index is 3.59. The van der Waals surface area contributed by atoms with Gasteiger partial charge in [0.1, 0.15) is 0 Å². The lowest BCUT2D eigenvalue weighted by Gasteiger charge is -2.36. The third kappa shape index (κ3) is 2.65. The highest BCUT2D eigenvalue weighted by atomic mass is 14.9. The van der Waals surface area contributed by atoms with E-state index in [1.54, 1.807) is 0 Å².